The van der Waals surface area contributed by atoms with Crippen molar-refractivity contribution >= 4 is 16.9 Å². The number of aromatic nitrogens is 5. The Morgan fingerprint density at radius 3 is 2.88 bits per heavy atom. The van der Waals surface area contributed by atoms with Crippen LogP contribution in [-0.4, -0.2) is 24.3 Å². The lowest BCUT2D eigenvalue weighted by molar-refractivity contribution is 0.858. The second kappa shape index (κ2) is 3.06. The molecule has 3 rings (SSSR count). The SMILES string of the molecule is Cn1cnc2c(-n3ccc(N)n3)nccc21. The van der Waals surface area contributed by atoms with E-state index in [1.807, 2.05) is 17.7 Å². The molecule has 0 saturated carbocycles. The second-order valence-corrected chi connectivity index (χ2v) is 3.54. The fourth-order valence-corrected chi connectivity index (χ4v) is 1.67. The van der Waals surface area contributed by atoms with Crippen LogP contribution in [0.25, 0.3) is 16.9 Å². The fraction of sp³-hybridized carbons (Fsp3) is 0.100. The van der Waals surface area contributed by atoms with E-state index in [1.54, 1.807) is 29.5 Å². The molecule has 3 aromatic rings. The number of hydrogen-bond acceptors (Lipinski definition) is 4. The lowest BCUT2D eigenvalue weighted by Gasteiger charge is -2.01. The van der Waals surface area contributed by atoms with Crippen LogP contribution >= 0.6 is 0 Å². The predicted octanol–water partition coefficient (Wildman–Crippen LogP) is 0.736. The van der Waals surface area contributed by atoms with Crippen LogP contribution in [0.1, 0.15) is 0 Å². The summed E-state index contributed by atoms with van der Waals surface area (Å²) >= 11 is 0. The largest absolute Gasteiger partial charge is 0.382 e. The molecule has 0 bridgehead atoms. The molecule has 16 heavy (non-hydrogen) atoms. The normalized spacial score (nSPS) is 11.1. The molecule has 0 aromatic carbocycles. The quantitative estimate of drug-likeness (QED) is 0.648. The number of hydrogen-bond donors (Lipinski definition) is 1. The Bertz CT molecular complexity index is 650. The molecule has 0 radical (unpaired) electrons. The minimum atomic E-state index is 0.467. The molecule has 0 saturated heterocycles. The van der Waals surface area contributed by atoms with E-state index < -0.39 is 0 Å². The Labute approximate surface area is 91.3 Å². The molecule has 80 valence electrons. The second-order valence-electron chi connectivity index (χ2n) is 3.54. The number of anilines is 1. The van der Waals surface area contributed by atoms with Gasteiger partial charge in [0.05, 0.1) is 11.8 Å². The maximum absolute atomic E-state index is 5.58. The molecule has 0 unspecified atom stereocenters. The van der Waals surface area contributed by atoms with Crippen molar-refractivity contribution < 1.29 is 0 Å². The van der Waals surface area contributed by atoms with E-state index in [2.05, 4.69) is 15.1 Å². The molecule has 6 heteroatoms. The smallest absolute Gasteiger partial charge is 0.181 e. The van der Waals surface area contributed by atoms with Crippen molar-refractivity contribution in [2.45, 2.75) is 0 Å². The van der Waals surface area contributed by atoms with Crippen molar-refractivity contribution in [1.82, 2.24) is 24.3 Å². The molecule has 0 fully saturated rings. The molecule has 6 nitrogen and oxygen atoms in total. The van der Waals surface area contributed by atoms with Crippen LogP contribution in [0.2, 0.25) is 0 Å². The molecular weight excluding hydrogens is 204 g/mol. The van der Waals surface area contributed by atoms with Gasteiger partial charge in [0.25, 0.3) is 0 Å². The van der Waals surface area contributed by atoms with E-state index in [1.165, 1.54) is 0 Å². The van der Waals surface area contributed by atoms with Crippen molar-refractivity contribution in [2.75, 3.05) is 5.73 Å². The van der Waals surface area contributed by atoms with Gasteiger partial charge in [-0.2, -0.15) is 0 Å². The van der Waals surface area contributed by atoms with Crippen molar-refractivity contribution in [1.29, 1.82) is 0 Å². The highest BCUT2D eigenvalue weighted by atomic mass is 15.3. The standard InChI is InChI=1S/C10H10N6/c1-15-6-13-9-7(15)2-4-12-10(9)16-5-3-8(11)14-16/h2-6H,1H3,(H2,11,14). The van der Waals surface area contributed by atoms with Gasteiger partial charge in [0.2, 0.25) is 0 Å². The first kappa shape index (κ1) is 8.90. The van der Waals surface area contributed by atoms with Gasteiger partial charge in [-0.1, -0.05) is 0 Å². The third kappa shape index (κ3) is 1.16. The molecule has 3 aromatic heterocycles. The maximum Gasteiger partial charge on any atom is 0.181 e. The van der Waals surface area contributed by atoms with Crippen molar-refractivity contribution in [3.8, 4) is 5.82 Å². The monoisotopic (exact) mass is 214 g/mol. The Hall–Kier alpha value is -2.37. The summed E-state index contributed by atoms with van der Waals surface area (Å²) in [5, 5.41) is 4.12. The number of rotatable bonds is 1. The molecular formula is C10H10N6. The first-order valence-electron chi connectivity index (χ1n) is 4.83. The molecule has 0 spiro atoms. The number of imidazole rings is 1. The van der Waals surface area contributed by atoms with Gasteiger partial charge in [-0.15, -0.1) is 5.10 Å². The summed E-state index contributed by atoms with van der Waals surface area (Å²) < 4.78 is 3.57. The van der Waals surface area contributed by atoms with Crippen LogP contribution in [0.15, 0.2) is 30.9 Å². The first-order chi connectivity index (χ1) is 7.75. The van der Waals surface area contributed by atoms with Crippen LogP contribution in [-0.2, 0) is 7.05 Å². The number of pyridine rings is 1. The van der Waals surface area contributed by atoms with Crippen LogP contribution in [0.3, 0.4) is 0 Å². The van der Waals surface area contributed by atoms with Gasteiger partial charge < -0.3 is 10.3 Å². The average molecular weight is 214 g/mol. The predicted molar refractivity (Wildman–Crippen MR) is 60.0 cm³/mol. The van der Waals surface area contributed by atoms with Gasteiger partial charge in [-0.3, -0.25) is 0 Å². The highest BCUT2D eigenvalue weighted by Gasteiger charge is 2.09. The van der Waals surface area contributed by atoms with Crippen LogP contribution in [0.5, 0.6) is 0 Å². The summed E-state index contributed by atoms with van der Waals surface area (Å²) in [5.74, 6) is 1.16. The molecule has 0 aliphatic rings. The summed E-state index contributed by atoms with van der Waals surface area (Å²) in [5.41, 5.74) is 7.41. The summed E-state index contributed by atoms with van der Waals surface area (Å²) in [4.78, 5) is 8.58. The van der Waals surface area contributed by atoms with Gasteiger partial charge in [0.1, 0.15) is 11.3 Å². The zero-order chi connectivity index (χ0) is 11.1. The summed E-state index contributed by atoms with van der Waals surface area (Å²) in [6, 6.07) is 3.64. The van der Waals surface area contributed by atoms with Crippen LogP contribution in [0, 0.1) is 0 Å². The van der Waals surface area contributed by atoms with E-state index >= 15 is 0 Å². The van der Waals surface area contributed by atoms with Crippen molar-refractivity contribution in [3.05, 3.63) is 30.9 Å². The van der Waals surface area contributed by atoms with Gasteiger partial charge in [0.15, 0.2) is 5.82 Å². The number of nitrogens with two attached hydrogens (primary N) is 1. The van der Waals surface area contributed by atoms with E-state index in [4.69, 9.17) is 5.73 Å². The molecule has 0 atom stereocenters. The van der Waals surface area contributed by atoms with Crippen molar-refractivity contribution in [3.63, 3.8) is 0 Å². The minimum Gasteiger partial charge on any atom is -0.382 e. The lowest BCUT2D eigenvalue weighted by atomic mass is 10.4. The van der Waals surface area contributed by atoms with E-state index in [0.29, 0.717) is 11.6 Å². The molecule has 2 N–H and O–H groups in total. The Kier molecular flexibility index (Phi) is 1.70. The van der Waals surface area contributed by atoms with Gasteiger partial charge in [0, 0.05) is 25.5 Å². The first-order valence-corrected chi connectivity index (χ1v) is 4.83. The molecule has 0 amide bonds. The highest BCUT2D eigenvalue weighted by Crippen LogP contribution is 2.17. The third-order valence-corrected chi connectivity index (χ3v) is 2.45. The van der Waals surface area contributed by atoms with Gasteiger partial charge in [-0.05, 0) is 6.07 Å². The number of nitrogen functional groups attached to an aromatic ring is 1. The number of nitrogens with zero attached hydrogens (tertiary/aromatic N) is 5. The van der Waals surface area contributed by atoms with Crippen LogP contribution in [0.4, 0.5) is 5.82 Å². The highest BCUT2D eigenvalue weighted by molar-refractivity contribution is 5.81. The summed E-state index contributed by atoms with van der Waals surface area (Å²) in [6.07, 6.45) is 5.26. The third-order valence-electron chi connectivity index (χ3n) is 2.45. The number of aryl methyl sites for hydroxylation is 1. The molecule has 3 heterocycles. The van der Waals surface area contributed by atoms with Gasteiger partial charge >= 0.3 is 0 Å². The number of fused-ring (bicyclic) bond motifs is 1. The Balaban J connectivity index is 2.31. The van der Waals surface area contributed by atoms with E-state index in [9.17, 15) is 0 Å². The minimum absolute atomic E-state index is 0.467. The Morgan fingerprint density at radius 2 is 2.12 bits per heavy atom. The molecule has 0 aliphatic carbocycles. The van der Waals surface area contributed by atoms with Gasteiger partial charge in [-0.25, -0.2) is 14.6 Å². The summed E-state index contributed by atoms with van der Waals surface area (Å²) in [7, 11) is 1.94. The fourth-order valence-electron chi connectivity index (χ4n) is 1.67. The maximum atomic E-state index is 5.58. The average Bonchev–Trinajstić information content (AvgIpc) is 2.86. The van der Waals surface area contributed by atoms with E-state index in [0.717, 1.165) is 11.0 Å². The molecule has 0 aliphatic heterocycles. The van der Waals surface area contributed by atoms with Crippen molar-refractivity contribution in [2.24, 2.45) is 7.05 Å². The zero-order valence-corrected chi connectivity index (χ0v) is 8.70. The zero-order valence-electron chi connectivity index (χ0n) is 8.70. The van der Waals surface area contributed by atoms with Crippen LogP contribution < -0.4 is 5.73 Å². The lowest BCUT2D eigenvalue weighted by Crippen LogP contribution is -2.00. The van der Waals surface area contributed by atoms with E-state index in [-0.39, 0.29) is 0 Å². The summed E-state index contributed by atoms with van der Waals surface area (Å²) in [6.45, 7) is 0. The Morgan fingerprint density at radius 1 is 1.25 bits per heavy atom. The topological polar surface area (TPSA) is 74.5 Å².